The van der Waals surface area contributed by atoms with Gasteiger partial charge in [0.2, 0.25) is 0 Å². The molecule has 21 heavy (non-hydrogen) atoms. The minimum Gasteiger partial charge on any atom is -0.460 e. The Morgan fingerprint density at radius 2 is 2.29 bits per heavy atom. The van der Waals surface area contributed by atoms with E-state index in [0.29, 0.717) is 18.0 Å². The molecule has 1 aliphatic rings. The van der Waals surface area contributed by atoms with E-state index >= 15 is 0 Å². The zero-order chi connectivity index (χ0) is 15.5. The maximum Gasteiger partial charge on any atom is 0.306 e. The van der Waals surface area contributed by atoms with Crippen molar-refractivity contribution in [2.45, 2.75) is 45.6 Å². The Morgan fingerprint density at radius 1 is 1.52 bits per heavy atom. The largest absolute Gasteiger partial charge is 0.460 e. The highest BCUT2D eigenvalue weighted by atomic mass is 16.6. The van der Waals surface area contributed by atoms with Crippen molar-refractivity contribution in [2.75, 3.05) is 23.7 Å². The number of piperidine rings is 1. The molecule has 1 saturated heterocycles. The Morgan fingerprint density at radius 3 is 2.95 bits per heavy atom. The van der Waals surface area contributed by atoms with Gasteiger partial charge in [0.1, 0.15) is 5.60 Å². The molecule has 0 bridgehead atoms. The highest BCUT2D eigenvalue weighted by Gasteiger charge is 2.25. The van der Waals surface area contributed by atoms with Crippen LogP contribution in [0.5, 0.6) is 0 Å². The fraction of sp³-hybridized carbons (Fsp3) is 0.625. The van der Waals surface area contributed by atoms with Gasteiger partial charge in [0.25, 0.3) is 0 Å². The van der Waals surface area contributed by atoms with Gasteiger partial charge < -0.3 is 15.4 Å². The molecular weight excluding hydrogens is 266 g/mol. The van der Waals surface area contributed by atoms with Gasteiger partial charge in [-0.25, -0.2) is 0 Å². The zero-order valence-corrected chi connectivity index (χ0v) is 13.1. The Balaban J connectivity index is 1.95. The summed E-state index contributed by atoms with van der Waals surface area (Å²) in [6.07, 6.45) is 6.02. The number of carbonyl (C=O) groups is 1. The van der Waals surface area contributed by atoms with Gasteiger partial charge in [0.15, 0.2) is 0 Å². The third-order valence-corrected chi connectivity index (χ3v) is 3.56. The predicted octanol–water partition coefficient (Wildman–Crippen LogP) is 2.61. The van der Waals surface area contributed by atoms with Gasteiger partial charge in [-0.05, 0) is 45.6 Å². The van der Waals surface area contributed by atoms with Crippen LogP contribution in [0.15, 0.2) is 18.5 Å². The first kappa shape index (κ1) is 15.6. The van der Waals surface area contributed by atoms with Crippen LogP contribution in [0.25, 0.3) is 0 Å². The number of pyridine rings is 1. The average molecular weight is 291 g/mol. The molecule has 0 radical (unpaired) electrons. The molecule has 5 heteroatoms. The van der Waals surface area contributed by atoms with Crippen molar-refractivity contribution in [3.05, 3.63) is 18.5 Å². The van der Waals surface area contributed by atoms with Gasteiger partial charge in [-0.15, -0.1) is 0 Å². The summed E-state index contributed by atoms with van der Waals surface area (Å²) in [5.74, 6) is 0.207. The number of ether oxygens (including phenoxy) is 1. The monoisotopic (exact) mass is 291 g/mol. The van der Waals surface area contributed by atoms with Crippen molar-refractivity contribution in [3.8, 4) is 0 Å². The molecule has 1 aliphatic heterocycles. The van der Waals surface area contributed by atoms with E-state index in [0.717, 1.165) is 31.6 Å². The average Bonchev–Trinajstić information content (AvgIpc) is 2.37. The smallest absolute Gasteiger partial charge is 0.306 e. The van der Waals surface area contributed by atoms with Crippen molar-refractivity contribution in [2.24, 2.45) is 5.92 Å². The lowest BCUT2D eigenvalue weighted by Crippen LogP contribution is -2.37. The Hall–Kier alpha value is -1.78. The van der Waals surface area contributed by atoms with Crippen molar-refractivity contribution in [1.29, 1.82) is 0 Å². The number of nitrogens with zero attached hydrogens (tertiary/aromatic N) is 2. The molecule has 1 atom stereocenters. The summed E-state index contributed by atoms with van der Waals surface area (Å²) in [7, 11) is 0. The predicted molar refractivity (Wildman–Crippen MR) is 84.0 cm³/mol. The first-order chi connectivity index (χ1) is 9.85. The molecule has 2 rings (SSSR count). The molecule has 0 aromatic carbocycles. The second-order valence-corrected chi connectivity index (χ2v) is 6.68. The van der Waals surface area contributed by atoms with E-state index in [1.54, 1.807) is 12.4 Å². The number of aromatic nitrogens is 1. The SMILES string of the molecule is CC(C)(C)OC(=O)C[C@@H]1CCCN(c2ccncc2N)C1. The second kappa shape index (κ2) is 6.33. The van der Waals surface area contributed by atoms with E-state index in [2.05, 4.69) is 9.88 Å². The van der Waals surface area contributed by atoms with E-state index in [1.807, 2.05) is 26.8 Å². The molecule has 5 nitrogen and oxygen atoms in total. The van der Waals surface area contributed by atoms with E-state index < -0.39 is 5.60 Å². The summed E-state index contributed by atoms with van der Waals surface area (Å²) in [6.45, 7) is 7.51. The van der Waals surface area contributed by atoms with E-state index in [-0.39, 0.29) is 5.97 Å². The van der Waals surface area contributed by atoms with E-state index in [4.69, 9.17) is 10.5 Å². The summed E-state index contributed by atoms with van der Waals surface area (Å²) in [5, 5.41) is 0. The Labute approximate surface area is 126 Å². The number of rotatable bonds is 3. The molecule has 0 aliphatic carbocycles. The van der Waals surface area contributed by atoms with Crippen LogP contribution in [0.2, 0.25) is 0 Å². The van der Waals surface area contributed by atoms with Crippen molar-refractivity contribution in [3.63, 3.8) is 0 Å². The first-order valence-corrected chi connectivity index (χ1v) is 7.51. The zero-order valence-electron chi connectivity index (χ0n) is 13.1. The standard InChI is InChI=1S/C16H25N3O2/c1-16(2,3)21-15(20)9-12-5-4-8-19(11-12)14-6-7-18-10-13(14)17/h6-7,10,12H,4-5,8-9,11,17H2,1-3H3/t12-/m0/s1. The third-order valence-electron chi connectivity index (χ3n) is 3.56. The molecule has 2 heterocycles. The van der Waals surface area contributed by atoms with Gasteiger partial charge in [0, 0.05) is 19.3 Å². The van der Waals surface area contributed by atoms with Gasteiger partial charge in [-0.1, -0.05) is 0 Å². The van der Waals surface area contributed by atoms with Crippen LogP contribution in [0, 0.1) is 5.92 Å². The highest BCUT2D eigenvalue weighted by molar-refractivity contribution is 5.71. The van der Waals surface area contributed by atoms with Gasteiger partial charge >= 0.3 is 5.97 Å². The second-order valence-electron chi connectivity index (χ2n) is 6.68. The van der Waals surface area contributed by atoms with Crippen LogP contribution in [-0.2, 0) is 9.53 Å². The molecule has 2 N–H and O–H groups in total. The summed E-state index contributed by atoms with van der Waals surface area (Å²) in [6, 6.07) is 1.94. The molecule has 0 amide bonds. The minimum atomic E-state index is -0.416. The summed E-state index contributed by atoms with van der Waals surface area (Å²) < 4.78 is 5.41. The van der Waals surface area contributed by atoms with Crippen LogP contribution in [-0.4, -0.2) is 29.6 Å². The quantitative estimate of drug-likeness (QED) is 0.867. The fourth-order valence-electron chi connectivity index (χ4n) is 2.76. The van der Waals surface area contributed by atoms with Crippen LogP contribution in [0.1, 0.15) is 40.0 Å². The van der Waals surface area contributed by atoms with E-state index in [9.17, 15) is 4.79 Å². The molecule has 1 fully saturated rings. The molecular formula is C16H25N3O2. The lowest BCUT2D eigenvalue weighted by atomic mass is 9.94. The normalized spacial score (nSPS) is 19.4. The van der Waals surface area contributed by atoms with Crippen LogP contribution < -0.4 is 10.6 Å². The molecule has 1 aromatic heterocycles. The summed E-state index contributed by atoms with van der Waals surface area (Å²) in [5.41, 5.74) is 7.27. The number of esters is 1. The molecule has 116 valence electrons. The summed E-state index contributed by atoms with van der Waals surface area (Å²) >= 11 is 0. The van der Waals surface area contributed by atoms with Crippen LogP contribution >= 0.6 is 0 Å². The lowest BCUT2D eigenvalue weighted by Gasteiger charge is -2.35. The third kappa shape index (κ3) is 4.62. The molecule has 0 saturated carbocycles. The van der Waals surface area contributed by atoms with Crippen LogP contribution in [0.4, 0.5) is 11.4 Å². The minimum absolute atomic E-state index is 0.114. The topological polar surface area (TPSA) is 68.5 Å². The van der Waals surface area contributed by atoms with E-state index in [1.165, 1.54) is 0 Å². The Kier molecular flexibility index (Phi) is 4.70. The fourth-order valence-corrected chi connectivity index (χ4v) is 2.76. The van der Waals surface area contributed by atoms with Crippen LogP contribution in [0.3, 0.4) is 0 Å². The number of nitrogens with two attached hydrogens (primary N) is 1. The lowest BCUT2D eigenvalue weighted by molar-refractivity contribution is -0.156. The maximum absolute atomic E-state index is 12.0. The van der Waals surface area contributed by atoms with Crippen molar-refractivity contribution < 1.29 is 9.53 Å². The molecule has 0 spiro atoms. The number of hydrogen-bond acceptors (Lipinski definition) is 5. The van der Waals surface area contributed by atoms with Crippen molar-refractivity contribution >= 4 is 17.3 Å². The van der Waals surface area contributed by atoms with Gasteiger partial charge in [0.05, 0.1) is 24.0 Å². The van der Waals surface area contributed by atoms with Gasteiger partial charge in [-0.3, -0.25) is 9.78 Å². The maximum atomic E-state index is 12.0. The number of hydrogen-bond donors (Lipinski definition) is 1. The number of anilines is 2. The van der Waals surface area contributed by atoms with Gasteiger partial charge in [-0.2, -0.15) is 0 Å². The molecule has 0 unspecified atom stereocenters. The number of nitrogen functional groups attached to an aromatic ring is 1. The number of carbonyl (C=O) groups excluding carboxylic acids is 1. The first-order valence-electron chi connectivity index (χ1n) is 7.51. The Bertz CT molecular complexity index is 497. The van der Waals surface area contributed by atoms with Crippen molar-refractivity contribution in [1.82, 2.24) is 4.98 Å². The highest BCUT2D eigenvalue weighted by Crippen LogP contribution is 2.28. The molecule has 1 aromatic rings. The summed E-state index contributed by atoms with van der Waals surface area (Å²) in [4.78, 5) is 18.2.